The number of nitrogens with zero attached hydrogens (tertiary/aromatic N) is 1. The molecule has 0 atom stereocenters. The van der Waals surface area contributed by atoms with Gasteiger partial charge in [-0.2, -0.15) is 0 Å². The minimum Gasteiger partial charge on any atom is -0.378 e. The summed E-state index contributed by atoms with van der Waals surface area (Å²) in [5.74, 6) is 0.124. The van der Waals surface area contributed by atoms with Gasteiger partial charge >= 0.3 is 0 Å². The number of carbonyl (C=O) groups is 1. The summed E-state index contributed by atoms with van der Waals surface area (Å²) in [5, 5.41) is 0. The molecule has 1 heterocycles. The van der Waals surface area contributed by atoms with Gasteiger partial charge < -0.3 is 9.64 Å². The Morgan fingerprint density at radius 1 is 1.37 bits per heavy atom. The summed E-state index contributed by atoms with van der Waals surface area (Å²) in [7, 11) is 0. The number of rotatable bonds is 3. The molecule has 2 rings (SSSR count). The van der Waals surface area contributed by atoms with Crippen molar-refractivity contribution in [1.82, 2.24) is 4.90 Å². The van der Waals surface area contributed by atoms with Crippen LogP contribution in [0.5, 0.6) is 0 Å². The summed E-state index contributed by atoms with van der Waals surface area (Å²) in [6.45, 7) is 6.35. The van der Waals surface area contributed by atoms with E-state index < -0.39 is 0 Å². The normalized spacial score (nSPS) is 16.7. The number of amides is 1. The topological polar surface area (TPSA) is 29.5 Å². The molecule has 1 fully saturated rings. The predicted molar refractivity (Wildman–Crippen MR) is 79.4 cm³/mol. The number of aryl methyl sites for hydroxylation is 1. The number of piperidine rings is 1. The van der Waals surface area contributed by atoms with Crippen molar-refractivity contribution in [2.75, 3.05) is 19.7 Å². The summed E-state index contributed by atoms with van der Waals surface area (Å²) in [5.41, 5.74) is 1.86. The highest BCUT2D eigenvalue weighted by atomic mass is 79.9. The van der Waals surface area contributed by atoms with Gasteiger partial charge in [-0.25, -0.2) is 0 Å². The number of hydrogen-bond donors (Lipinski definition) is 0. The molecule has 1 aromatic rings. The Morgan fingerprint density at radius 2 is 2.05 bits per heavy atom. The van der Waals surface area contributed by atoms with Crippen LogP contribution in [0.25, 0.3) is 0 Å². The van der Waals surface area contributed by atoms with Crippen LogP contribution in [-0.4, -0.2) is 36.6 Å². The van der Waals surface area contributed by atoms with Crippen LogP contribution in [0.1, 0.15) is 35.7 Å². The lowest BCUT2D eigenvalue weighted by Gasteiger charge is -2.32. The third-order valence-electron chi connectivity index (χ3n) is 3.42. The standard InChI is InChI=1S/C15H20BrNO2/c1-3-19-14-4-6-17(7-5-14)15(18)12-8-11(2)9-13(16)10-12/h8-10,14H,3-7H2,1-2H3. The van der Waals surface area contributed by atoms with Crippen molar-refractivity contribution in [3.63, 3.8) is 0 Å². The first kappa shape index (κ1) is 14.5. The maximum absolute atomic E-state index is 12.4. The van der Waals surface area contributed by atoms with Gasteiger partial charge in [0.1, 0.15) is 0 Å². The molecule has 0 bridgehead atoms. The van der Waals surface area contributed by atoms with E-state index in [4.69, 9.17) is 4.74 Å². The Kier molecular flexibility index (Phi) is 4.99. The third kappa shape index (κ3) is 3.80. The van der Waals surface area contributed by atoms with E-state index in [2.05, 4.69) is 15.9 Å². The molecular weight excluding hydrogens is 306 g/mol. The molecule has 0 spiro atoms. The van der Waals surface area contributed by atoms with E-state index in [1.165, 1.54) is 0 Å². The fraction of sp³-hybridized carbons (Fsp3) is 0.533. The molecule has 1 saturated heterocycles. The Labute approximate surface area is 123 Å². The van der Waals surface area contributed by atoms with Gasteiger partial charge in [0.05, 0.1) is 6.10 Å². The molecule has 0 unspecified atom stereocenters. The van der Waals surface area contributed by atoms with Gasteiger partial charge in [0.25, 0.3) is 5.91 Å². The van der Waals surface area contributed by atoms with Crippen LogP contribution in [0.15, 0.2) is 22.7 Å². The van der Waals surface area contributed by atoms with E-state index in [9.17, 15) is 4.79 Å². The lowest BCUT2D eigenvalue weighted by Crippen LogP contribution is -2.40. The molecule has 1 aromatic carbocycles. The smallest absolute Gasteiger partial charge is 0.253 e. The predicted octanol–water partition coefficient (Wildman–Crippen LogP) is 3.40. The molecule has 104 valence electrons. The van der Waals surface area contributed by atoms with Crippen LogP contribution in [0.4, 0.5) is 0 Å². The van der Waals surface area contributed by atoms with Crippen molar-refractivity contribution in [3.8, 4) is 0 Å². The fourth-order valence-corrected chi connectivity index (χ4v) is 3.11. The molecule has 0 saturated carbocycles. The lowest BCUT2D eigenvalue weighted by atomic mass is 10.1. The summed E-state index contributed by atoms with van der Waals surface area (Å²) in [4.78, 5) is 14.4. The van der Waals surface area contributed by atoms with Crippen molar-refractivity contribution in [2.24, 2.45) is 0 Å². The summed E-state index contributed by atoms with van der Waals surface area (Å²) >= 11 is 3.44. The molecule has 0 aliphatic carbocycles. The minimum atomic E-state index is 0.124. The lowest BCUT2D eigenvalue weighted by molar-refractivity contribution is 0.0146. The second kappa shape index (κ2) is 6.53. The zero-order chi connectivity index (χ0) is 13.8. The highest BCUT2D eigenvalue weighted by Crippen LogP contribution is 2.20. The van der Waals surface area contributed by atoms with Crippen molar-refractivity contribution < 1.29 is 9.53 Å². The van der Waals surface area contributed by atoms with Crippen LogP contribution in [0, 0.1) is 6.92 Å². The number of benzene rings is 1. The molecule has 4 heteroatoms. The average molecular weight is 326 g/mol. The van der Waals surface area contributed by atoms with Gasteiger partial charge in [0.2, 0.25) is 0 Å². The Morgan fingerprint density at radius 3 is 2.63 bits per heavy atom. The molecule has 0 N–H and O–H groups in total. The van der Waals surface area contributed by atoms with E-state index in [0.717, 1.165) is 48.1 Å². The van der Waals surface area contributed by atoms with E-state index in [1.54, 1.807) is 0 Å². The van der Waals surface area contributed by atoms with Crippen LogP contribution in [0.2, 0.25) is 0 Å². The number of halogens is 1. The number of likely N-dealkylation sites (tertiary alicyclic amines) is 1. The largest absolute Gasteiger partial charge is 0.378 e. The van der Waals surface area contributed by atoms with Crippen LogP contribution < -0.4 is 0 Å². The van der Waals surface area contributed by atoms with Crippen molar-refractivity contribution in [2.45, 2.75) is 32.8 Å². The highest BCUT2D eigenvalue weighted by molar-refractivity contribution is 9.10. The molecule has 3 nitrogen and oxygen atoms in total. The van der Waals surface area contributed by atoms with E-state index in [0.29, 0.717) is 6.10 Å². The molecule has 0 radical (unpaired) electrons. The monoisotopic (exact) mass is 325 g/mol. The van der Waals surface area contributed by atoms with Gasteiger partial charge in [-0.05, 0) is 50.5 Å². The van der Waals surface area contributed by atoms with Gasteiger partial charge in [0, 0.05) is 29.7 Å². The number of ether oxygens (including phenoxy) is 1. The molecule has 1 amide bonds. The molecule has 1 aliphatic heterocycles. The van der Waals surface area contributed by atoms with Crippen molar-refractivity contribution in [1.29, 1.82) is 0 Å². The van der Waals surface area contributed by atoms with E-state index in [1.807, 2.05) is 36.9 Å². The quantitative estimate of drug-likeness (QED) is 0.852. The minimum absolute atomic E-state index is 0.124. The second-order valence-electron chi connectivity index (χ2n) is 4.96. The van der Waals surface area contributed by atoms with Crippen molar-refractivity contribution in [3.05, 3.63) is 33.8 Å². The van der Waals surface area contributed by atoms with Gasteiger partial charge in [-0.3, -0.25) is 4.79 Å². The Bertz CT molecular complexity index is 433. The molecule has 19 heavy (non-hydrogen) atoms. The van der Waals surface area contributed by atoms with Crippen molar-refractivity contribution >= 4 is 21.8 Å². The maximum atomic E-state index is 12.4. The zero-order valence-corrected chi connectivity index (χ0v) is 13.1. The Hall–Kier alpha value is -0.870. The highest BCUT2D eigenvalue weighted by Gasteiger charge is 2.23. The first-order valence-electron chi connectivity index (χ1n) is 6.78. The summed E-state index contributed by atoms with van der Waals surface area (Å²) in [6.07, 6.45) is 2.19. The maximum Gasteiger partial charge on any atom is 0.253 e. The number of carbonyl (C=O) groups excluding carboxylic acids is 1. The van der Waals surface area contributed by atoms with Gasteiger partial charge in [-0.1, -0.05) is 15.9 Å². The second-order valence-corrected chi connectivity index (χ2v) is 5.88. The molecular formula is C15H20BrNO2. The van der Waals surface area contributed by atoms with E-state index in [-0.39, 0.29) is 5.91 Å². The Balaban J connectivity index is 2.01. The van der Waals surface area contributed by atoms with Gasteiger partial charge in [0.15, 0.2) is 0 Å². The number of hydrogen-bond acceptors (Lipinski definition) is 2. The third-order valence-corrected chi connectivity index (χ3v) is 3.88. The zero-order valence-electron chi connectivity index (χ0n) is 11.5. The first-order chi connectivity index (χ1) is 9.10. The van der Waals surface area contributed by atoms with Crippen LogP contribution in [0.3, 0.4) is 0 Å². The molecule has 1 aliphatic rings. The van der Waals surface area contributed by atoms with E-state index >= 15 is 0 Å². The first-order valence-corrected chi connectivity index (χ1v) is 7.57. The van der Waals surface area contributed by atoms with Crippen LogP contribution >= 0.6 is 15.9 Å². The summed E-state index contributed by atoms with van der Waals surface area (Å²) in [6, 6.07) is 5.85. The average Bonchev–Trinajstić information content (AvgIpc) is 2.38. The van der Waals surface area contributed by atoms with Gasteiger partial charge in [-0.15, -0.1) is 0 Å². The molecule has 0 aromatic heterocycles. The van der Waals surface area contributed by atoms with Crippen LogP contribution in [-0.2, 0) is 4.74 Å². The SMILES string of the molecule is CCOC1CCN(C(=O)c2cc(C)cc(Br)c2)CC1. The summed E-state index contributed by atoms with van der Waals surface area (Å²) < 4.78 is 6.57. The fourth-order valence-electron chi connectivity index (χ4n) is 2.50.